The van der Waals surface area contributed by atoms with E-state index in [2.05, 4.69) is 23.6 Å². The molecule has 1 amide bonds. The molecule has 11 heteroatoms. The number of hydrogen-bond donors (Lipinski definition) is 2. The molecule has 0 unspecified atom stereocenters. The standard InChI is InChI=1S/C36H55N3O7S/c1-26-22-39(27(2)25-40)36(41)33-21-30(37-47(42,43)32-17-15-31(44-5)16-18-32)14-19-34(33)46-28(3)11-9-10-20-45-35(26)24-38(4)23-29-12-7-6-8-13-29/h14-19,21,26-29,35,37,40H,6-13,20,22-25H2,1-5H3/t26-,27+,28+,35-/m1/s1. The van der Waals surface area contributed by atoms with E-state index in [0.29, 0.717) is 30.6 Å². The Balaban J connectivity index is 1.61. The van der Waals surface area contributed by atoms with Crippen LogP contribution in [0.4, 0.5) is 5.69 Å². The third-order valence-corrected chi connectivity index (χ3v) is 10.9. The van der Waals surface area contributed by atoms with Crippen molar-refractivity contribution in [1.82, 2.24) is 9.80 Å². The number of fused-ring (bicyclic) bond motifs is 1. The monoisotopic (exact) mass is 673 g/mol. The van der Waals surface area contributed by atoms with Gasteiger partial charge in [-0.1, -0.05) is 26.2 Å². The van der Waals surface area contributed by atoms with Crippen LogP contribution in [0.25, 0.3) is 0 Å². The smallest absolute Gasteiger partial charge is 0.261 e. The maximum absolute atomic E-state index is 14.4. The van der Waals surface area contributed by atoms with E-state index in [-0.39, 0.29) is 46.8 Å². The molecule has 1 heterocycles. The summed E-state index contributed by atoms with van der Waals surface area (Å²) in [5.74, 6) is 1.28. The first-order valence-electron chi connectivity index (χ1n) is 17.2. The first-order chi connectivity index (χ1) is 22.5. The number of nitrogens with one attached hydrogen (secondary N) is 1. The van der Waals surface area contributed by atoms with E-state index in [1.165, 1.54) is 57.4 Å². The van der Waals surface area contributed by atoms with Gasteiger partial charge < -0.3 is 29.1 Å². The number of carbonyl (C=O) groups is 1. The second kappa shape index (κ2) is 17.5. The van der Waals surface area contributed by atoms with Gasteiger partial charge >= 0.3 is 0 Å². The number of rotatable bonds is 10. The number of amides is 1. The number of nitrogens with zero attached hydrogens (tertiary/aromatic N) is 2. The normalized spacial score (nSPS) is 23.0. The van der Waals surface area contributed by atoms with Crippen molar-refractivity contribution < 1.29 is 32.5 Å². The fraction of sp³-hybridized carbons (Fsp3) is 0.639. The van der Waals surface area contributed by atoms with Gasteiger partial charge in [0.1, 0.15) is 11.5 Å². The molecule has 0 spiro atoms. The number of aliphatic hydroxyl groups is 1. The fourth-order valence-electron chi connectivity index (χ4n) is 6.61. The van der Waals surface area contributed by atoms with Gasteiger partial charge in [0.25, 0.3) is 15.9 Å². The highest BCUT2D eigenvalue weighted by Gasteiger charge is 2.31. The van der Waals surface area contributed by atoms with Crippen molar-refractivity contribution in [2.45, 2.75) is 95.3 Å². The van der Waals surface area contributed by atoms with Crippen LogP contribution in [0.2, 0.25) is 0 Å². The van der Waals surface area contributed by atoms with Crippen molar-refractivity contribution in [3.8, 4) is 11.5 Å². The number of carbonyl (C=O) groups excluding carboxylic acids is 1. The molecule has 4 atom stereocenters. The van der Waals surface area contributed by atoms with Crippen molar-refractivity contribution in [1.29, 1.82) is 0 Å². The van der Waals surface area contributed by atoms with Crippen LogP contribution >= 0.6 is 0 Å². The molecule has 0 radical (unpaired) electrons. The van der Waals surface area contributed by atoms with Gasteiger partial charge in [-0.15, -0.1) is 0 Å². The second-order valence-corrected chi connectivity index (χ2v) is 15.2. The van der Waals surface area contributed by atoms with Crippen LogP contribution in [0.15, 0.2) is 47.4 Å². The molecule has 2 aromatic carbocycles. The van der Waals surface area contributed by atoms with Gasteiger partial charge in [0.15, 0.2) is 0 Å². The number of benzene rings is 2. The fourth-order valence-corrected chi connectivity index (χ4v) is 7.66. The molecule has 1 fully saturated rings. The van der Waals surface area contributed by atoms with Crippen molar-refractivity contribution in [3.63, 3.8) is 0 Å². The highest BCUT2D eigenvalue weighted by molar-refractivity contribution is 7.92. The summed E-state index contributed by atoms with van der Waals surface area (Å²) in [6.45, 7) is 8.48. The Morgan fingerprint density at radius 2 is 1.72 bits per heavy atom. The van der Waals surface area contributed by atoms with E-state index in [9.17, 15) is 18.3 Å². The van der Waals surface area contributed by atoms with E-state index in [1.807, 2.05) is 13.8 Å². The highest BCUT2D eigenvalue weighted by Crippen LogP contribution is 2.30. The summed E-state index contributed by atoms with van der Waals surface area (Å²) in [6, 6.07) is 10.4. The zero-order valence-corrected chi connectivity index (χ0v) is 29.6. The van der Waals surface area contributed by atoms with Crippen molar-refractivity contribution in [2.75, 3.05) is 51.7 Å². The molecule has 262 valence electrons. The van der Waals surface area contributed by atoms with Crippen LogP contribution in [0.1, 0.15) is 82.5 Å². The van der Waals surface area contributed by atoms with E-state index >= 15 is 0 Å². The first-order valence-corrected chi connectivity index (χ1v) is 18.7. The summed E-state index contributed by atoms with van der Waals surface area (Å²) in [7, 11) is -0.266. The molecular weight excluding hydrogens is 618 g/mol. The molecule has 1 saturated carbocycles. The molecular formula is C36H55N3O7S. The van der Waals surface area contributed by atoms with E-state index in [1.54, 1.807) is 29.2 Å². The molecule has 0 saturated heterocycles. The van der Waals surface area contributed by atoms with Crippen molar-refractivity contribution in [3.05, 3.63) is 48.0 Å². The van der Waals surface area contributed by atoms with Crippen LogP contribution < -0.4 is 14.2 Å². The van der Waals surface area contributed by atoms with E-state index in [0.717, 1.165) is 32.4 Å². The number of anilines is 1. The Labute approximate surface area is 281 Å². The lowest BCUT2D eigenvalue weighted by Crippen LogP contribution is -2.47. The first kappa shape index (κ1) is 37.0. The molecule has 1 aliphatic carbocycles. The zero-order chi connectivity index (χ0) is 34.0. The van der Waals surface area contributed by atoms with Gasteiger partial charge in [-0.25, -0.2) is 8.42 Å². The number of ether oxygens (including phenoxy) is 3. The summed E-state index contributed by atoms with van der Waals surface area (Å²) < 4.78 is 47.1. The minimum atomic E-state index is -3.95. The molecule has 2 aromatic rings. The minimum Gasteiger partial charge on any atom is -0.497 e. The number of likely N-dealkylation sites (N-methyl/N-ethyl adjacent to an activating group) is 1. The minimum absolute atomic E-state index is 0.0234. The van der Waals surface area contributed by atoms with Gasteiger partial charge in [-0.2, -0.15) is 0 Å². The number of sulfonamides is 1. The summed E-state index contributed by atoms with van der Waals surface area (Å²) in [6.07, 6.45) is 8.82. The van der Waals surface area contributed by atoms with Gasteiger partial charge in [0.2, 0.25) is 0 Å². The van der Waals surface area contributed by atoms with Gasteiger partial charge in [0.05, 0.1) is 42.4 Å². The molecule has 47 heavy (non-hydrogen) atoms. The van der Waals surface area contributed by atoms with Gasteiger partial charge in [-0.05, 0) is 101 Å². The third-order valence-electron chi connectivity index (χ3n) is 9.46. The predicted octanol–water partition coefficient (Wildman–Crippen LogP) is 5.80. The lowest BCUT2D eigenvalue weighted by molar-refractivity contribution is -0.0190. The van der Waals surface area contributed by atoms with Gasteiger partial charge in [0, 0.05) is 37.8 Å². The van der Waals surface area contributed by atoms with E-state index < -0.39 is 16.1 Å². The Bertz CT molecular complexity index is 1380. The van der Waals surface area contributed by atoms with Crippen LogP contribution in [0, 0.1) is 11.8 Å². The van der Waals surface area contributed by atoms with Gasteiger partial charge in [-0.3, -0.25) is 9.52 Å². The van der Waals surface area contributed by atoms with Crippen LogP contribution in [0.3, 0.4) is 0 Å². The Kier molecular flexibility index (Phi) is 13.8. The number of hydrogen-bond acceptors (Lipinski definition) is 8. The third kappa shape index (κ3) is 10.6. The molecule has 10 nitrogen and oxygen atoms in total. The van der Waals surface area contributed by atoms with Crippen LogP contribution in [0.5, 0.6) is 11.5 Å². The summed E-state index contributed by atoms with van der Waals surface area (Å²) in [5.41, 5.74) is 0.476. The molecule has 4 rings (SSSR count). The Morgan fingerprint density at radius 1 is 1.02 bits per heavy atom. The molecule has 0 aromatic heterocycles. The zero-order valence-electron chi connectivity index (χ0n) is 28.8. The van der Waals surface area contributed by atoms with E-state index in [4.69, 9.17) is 14.2 Å². The average Bonchev–Trinajstić information content (AvgIpc) is 3.06. The maximum atomic E-state index is 14.4. The summed E-state index contributed by atoms with van der Waals surface area (Å²) >= 11 is 0. The Morgan fingerprint density at radius 3 is 2.40 bits per heavy atom. The lowest BCUT2D eigenvalue weighted by atomic mass is 9.89. The Hall–Kier alpha value is -2.86. The topological polar surface area (TPSA) is 118 Å². The van der Waals surface area contributed by atoms with Crippen molar-refractivity contribution in [2.24, 2.45) is 11.8 Å². The van der Waals surface area contributed by atoms with Crippen LogP contribution in [-0.2, 0) is 14.8 Å². The molecule has 2 N–H and O–H groups in total. The summed E-state index contributed by atoms with van der Waals surface area (Å²) in [4.78, 5) is 18.5. The molecule has 2 aliphatic rings. The molecule has 1 aliphatic heterocycles. The molecule has 0 bridgehead atoms. The van der Waals surface area contributed by atoms with Crippen molar-refractivity contribution >= 4 is 21.6 Å². The SMILES string of the molecule is COc1ccc(S(=O)(=O)Nc2ccc3c(c2)C(=O)N([C@@H](C)CO)C[C@@H](C)[C@@H](CN(C)CC2CCCCC2)OCCCC[C@H](C)O3)cc1. The number of methoxy groups -OCH3 is 1. The number of aliphatic hydroxyl groups excluding tert-OH is 1. The quantitative estimate of drug-likeness (QED) is 0.325. The highest BCUT2D eigenvalue weighted by atomic mass is 32.2. The second-order valence-electron chi connectivity index (χ2n) is 13.5. The maximum Gasteiger partial charge on any atom is 0.261 e. The summed E-state index contributed by atoms with van der Waals surface area (Å²) in [5, 5.41) is 10.3. The average molecular weight is 674 g/mol. The van der Waals surface area contributed by atoms with Crippen LogP contribution in [-0.4, -0.2) is 94.5 Å². The largest absolute Gasteiger partial charge is 0.497 e. The lowest BCUT2D eigenvalue weighted by Gasteiger charge is -2.36. The predicted molar refractivity (Wildman–Crippen MR) is 185 cm³/mol.